The Morgan fingerprint density at radius 3 is 2.67 bits per heavy atom. The molecule has 0 aliphatic carbocycles. The summed E-state index contributed by atoms with van der Waals surface area (Å²) in [5, 5.41) is 11.9. The van der Waals surface area contributed by atoms with E-state index in [0.29, 0.717) is 24.4 Å². The summed E-state index contributed by atoms with van der Waals surface area (Å²) in [6, 6.07) is 10.5. The zero-order valence-corrected chi connectivity index (χ0v) is 12.0. The van der Waals surface area contributed by atoms with E-state index < -0.39 is 0 Å². The van der Waals surface area contributed by atoms with Crippen molar-refractivity contribution in [3.05, 3.63) is 36.2 Å². The van der Waals surface area contributed by atoms with Crippen molar-refractivity contribution in [2.45, 2.75) is 25.4 Å². The number of aromatic nitrogens is 2. The Kier molecular flexibility index (Phi) is 3.45. The molecule has 0 saturated carbocycles. The molecule has 4 heterocycles. The van der Waals surface area contributed by atoms with Crippen LogP contribution in [0.1, 0.15) is 18.7 Å². The first-order valence-electron chi connectivity index (χ1n) is 7.72. The largest absolute Gasteiger partial charge is 0.419 e. The molecule has 0 spiro atoms. The zero-order valence-electron chi connectivity index (χ0n) is 12.0. The molecule has 1 aromatic carbocycles. The standard InChI is InChI=1S/C16H20N4O/c1-2-4-13(5-3-1)16-19-18-15(21-16)10-17-14-11-20-8-6-12(14)7-9-20/h1-5,12,14,17H,6-11H2. The number of hydrogen-bond acceptors (Lipinski definition) is 5. The molecule has 3 aliphatic heterocycles. The topological polar surface area (TPSA) is 54.2 Å². The first kappa shape index (κ1) is 13.0. The van der Waals surface area contributed by atoms with Crippen molar-refractivity contribution in [1.82, 2.24) is 20.4 Å². The van der Waals surface area contributed by atoms with E-state index >= 15 is 0 Å². The molecular formula is C16H20N4O. The lowest BCUT2D eigenvalue weighted by molar-refractivity contribution is 0.0709. The second-order valence-electron chi connectivity index (χ2n) is 5.99. The van der Waals surface area contributed by atoms with Gasteiger partial charge in [-0.05, 0) is 44.0 Å². The molecule has 1 unspecified atom stereocenters. The third-order valence-electron chi connectivity index (χ3n) is 4.66. The number of fused-ring (bicyclic) bond motifs is 3. The fraction of sp³-hybridized carbons (Fsp3) is 0.500. The molecule has 1 atom stereocenters. The van der Waals surface area contributed by atoms with Gasteiger partial charge in [-0.1, -0.05) is 18.2 Å². The molecule has 5 rings (SSSR count). The number of rotatable bonds is 4. The van der Waals surface area contributed by atoms with Crippen molar-refractivity contribution < 1.29 is 4.42 Å². The van der Waals surface area contributed by atoms with Crippen LogP contribution < -0.4 is 5.32 Å². The van der Waals surface area contributed by atoms with Crippen LogP contribution in [0.25, 0.3) is 11.5 Å². The van der Waals surface area contributed by atoms with Crippen LogP contribution in [0.15, 0.2) is 34.7 Å². The smallest absolute Gasteiger partial charge is 0.247 e. The minimum atomic E-state index is 0.569. The molecule has 21 heavy (non-hydrogen) atoms. The highest BCUT2D eigenvalue weighted by Gasteiger charge is 2.33. The van der Waals surface area contributed by atoms with Crippen LogP contribution in [0.2, 0.25) is 0 Å². The van der Waals surface area contributed by atoms with E-state index in [1.54, 1.807) is 0 Å². The Hall–Kier alpha value is -1.72. The molecule has 3 saturated heterocycles. The molecule has 3 aliphatic rings. The number of piperidine rings is 3. The molecule has 2 bridgehead atoms. The summed E-state index contributed by atoms with van der Waals surface area (Å²) in [6.45, 7) is 4.35. The van der Waals surface area contributed by atoms with Crippen molar-refractivity contribution in [1.29, 1.82) is 0 Å². The van der Waals surface area contributed by atoms with E-state index in [2.05, 4.69) is 20.4 Å². The fourth-order valence-electron chi connectivity index (χ4n) is 3.44. The van der Waals surface area contributed by atoms with Crippen LogP contribution in [0.5, 0.6) is 0 Å². The molecule has 0 radical (unpaired) electrons. The van der Waals surface area contributed by atoms with Gasteiger partial charge in [-0.3, -0.25) is 0 Å². The Labute approximate surface area is 124 Å². The molecule has 0 amide bonds. The summed E-state index contributed by atoms with van der Waals surface area (Å²) < 4.78 is 5.74. The summed E-state index contributed by atoms with van der Waals surface area (Å²) in [6.07, 6.45) is 2.63. The number of hydrogen-bond donors (Lipinski definition) is 1. The van der Waals surface area contributed by atoms with Crippen LogP contribution >= 0.6 is 0 Å². The lowest BCUT2D eigenvalue weighted by Crippen LogP contribution is -2.55. The Balaban J connectivity index is 1.39. The quantitative estimate of drug-likeness (QED) is 0.929. The predicted molar refractivity (Wildman–Crippen MR) is 79.5 cm³/mol. The zero-order chi connectivity index (χ0) is 14.1. The minimum Gasteiger partial charge on any atom is -0.419 e. The summed E-state index contributed by atoms with van der Waals surface area (Å²) in [7, 11) is 0. The van der Waals surface area contributed by atoms with Gasteiger partial charge in [0.1, 0.15) is 0 Å². The highest BCUT2D eigenvalue weighted by molar-refractivity contribution is 5.51. The average molecular weight is 284 g/mol. The van der Waals surface area contributed by atoms with Gasteiger partial charge in [0.2, 0.25) is 11.8 Å². The van der Waals surface area contributed by atoms with E-state index in [9.17, 15) is 0 Å². The Morgan fingerprint density at radius 1 is 1.14 bits per heavy atom. The van der Waals surface area contributed by atoms with Crippen LogP contribution in [0.4, 0.5) is 0 Å². The van der Waals surface area contributed by atoms with Gasteiger partial charge in [0.25, 0.3) is 0 Å². The van der Waals surface area contributed by atoms with Gasteiger partial charge in [-0.2, -0.15) is 0 Å². The van der Waals surface area contributed by atoms with E-state index in [0.717, 1.165) is 18.0 Å². The van der Waals surface area contributed by atoms with Gasteiger partial charge >= 0.3 is 0 Å². The Morgan fingerprint density at radius 2 is 1.95 bits per heavy atom. The fourth-order valence-corrected chi connectivity index (χ4v) is 3.44. The summed E-state index contributed by atoms with van der Waals surface area (Å²) in [5.74, 6) is 2.08. The molecule has 1 aromatic heterocycles. The van der Waals surface area contributed by atoms with Gasteiger partial charge in [-0.25, -0.2) is 0 Å². The highest BCUT2D eigenvalue weighted by atomic mass is 16.4. The summed E-state index contributed by atoms with van der Waals surface area (Å²) in [5.41, 5.74) is 0.971. The van der Waals surface area contributed by atoms with Crippen LogP contribution in [0, 0.1) is 5.92 Å². The summed E-state index contributed by atoms with van der Waals surface area (Å²) in [4.78, 5) is 2.54. The average Bonchev–Trinajstić information content (AvgIpc) is 3.04. The van der Waals surface area contributed by atoms with Gasteiger partial charge in [-0.15, -0.1) is 10.2 Å². The van der Waals surface area contributed by atoms with E-state index in [4.69, 9.17) is 4.42 Å². The molecule has 2 aromatic rings. The second kappa shape index (κ2) is 5.58. The lowest BCUT2D eigenvalue weighted by atomic mass is 9.84. The normalized spacial score (nSPS) is 27.9. The lowest BCUT2D eigenvalue weighted by Gasteiger charge is -2.45. The van der Waals surface area contributed by atoms with Gasteiger partial charge in [0.15, 0.2) is 0 Å². The highest BCUT2D eigenvalue weighted by Crippen LogP contribution is 2.27. The van der Waals surface area contributed by atoms with E-state index in [-0.39, 0.29) is 0 Å². The van der Waals surface area contributed by atoms with Crippen molar-refractivity contribution >= 4 is 0 Å². The van der Waals surface area contributed by atoms with Gasteiger partial charge in [0.05, 0.1) is 6.54 Å². The molecule has 1 N–H and O–H groups in total. The third-order valence-corrected chi connectivity index (χ3v) is 4.66. The Bertz CT molecular complexity index is 589. The van der Waals surface area contributed by atoms with Crippen molar-refractivity contribution in [2.24, 2.45) is 5.92 Å². The molecule has 3 fully saturated rings. The van der Waals surface area contributed by atoms with Crippen LogP contribution in [-0.2, 0) is 6.54 Å². The maximum Gasteiger partial charge on any atom is 0.247 e. The summed E-state index contributed by atoms with van der Waals surface area (Å²) >= 11 is 0. The number of nitrogens with zero attached hydrogens (tertiary/aromatic N) is 3. The first-order valence-corrected chi connectivity index (χ1v) is 7.72. The molecule has 5 heteroatoms. The van der Waals surface area contributed by atoms with Crippen molar-refractivity contribution in [3.63, 3.8) is 0 Å². The van der Waals surface area contributed by atoms with E-state index in [1.807, 2.05) is 30.3 Å². The van der Waals surface area contributed by atoms with Gasteiger partial charge in [0, 0.05) is 18.2 Å². The maximum atomic E-state index is 5.74. The predicted octanol–water partition coefficient (Wildman–Crippen LogP) is 1.92. The number of nitrogens with one attached hydrogen (secondary N) is 1. The van der Waals surface area contributed by atoms with Crippen molar-refractivity contribution in [2.75, 3.05) is 19.6 Å². The second-order valence-corrected chi connectivity index (χ2v) is 5.99. The van der Waals surface area contributed by atoms with Crippen LogP contribution in [-0.4, -0.2) is 40.8 Å². The molecular weight excluding hydrogens is 264 g/mol. The first-order chi connectivity index (χ1) is 10.4. The molecule has 110 valence electrons. The van der Waals surface area contributed by atoms with Crippen molar-refractivity contribution in [3.8, 4) is 11.5 Å². The number of benzene rings is 1. The SMILES string of the molecule is c1ccc(-c2nnc(CNC3CN4CCC3CC4)o2)cc1. The monoisotopic (exact) mass is 284 g/mol. The van der Waals surface area contributed by atoms with Gasteiger partial charge < -0.3 is 14.6 Å². The van der Waals surface area contributed by atoms with E-state index in [1.165, 1.54) is 25.9 Å². The molecule has 5 nitrogen and oxygen atoms in total. The van der Waals surface area contributed by atoms with Crippen LogP contribution in [0.3, 0.4) is 0 Å². The maximum absolute atomic E-state index is 5.74. The minimum absolute atomic E-state index is 0.569. The third kappa shape index (κ3) is 2.71.